The molecule has 1 unspecified atom stereocenters. The van der Waals surface area contributed by atoms with Gasteiger partial charge in [-0.15, -0.1) is 0 Å². The van der Waals surface area contributed by atoms with E-state index >= 15 is 0 Å². The largest absolute Gasteiger partial charge is 0.480 e. The summed E-state index contributed by atoms with van der Waals surface area (Å²) < 4.78 is 11.7. The number of rotatable bonds is 7. The molecular formula is C20H33BrN4O6. The van der Waals surface area contributed by atoms with Crippen molar-refractivity contribution in [2.45, 2.75) is 63.8 Å². The summed E-state index contributed by atoms with van der Waals surface area (Å²) in [5.74, 6) is -1.42. The van der Waals surface area contributed by atoms with Gasteiger partial charge < -0.3 is 19.9 Å². The number of hydrogen-bond donors (Lipinski definition) is 3. The van der Waals surface area contributed by atoms with Gasteiger partial charge >= 0.3 is 12.1 Å². The lowest BCUT2D eigenvalue weighted by atomic mass is 10.1. The first-order valence-electron chi connectivity index (χ1n) is 10.4. The summed E-state index contributed by atoms with van der Waals surface area (Å²) in [7, 11) is 1.62. The second-order valence-corrected chi connectivity index (χ2v) is 9.79. The lowest BCUT2D eigenvalue weighted by Crippen LogP contribution is -2.62. The summed E-state index contributed by atoms with van der Waals surface area (Å²) in [6.07, 6.45) is 3.10. The summed E-state index contributed by atoms with van der Waals surface area (Å²) in [5.41, 5.74) is 2.05. The molecule has 31 heavy (non-hydrogen) atoms. The molecule has 11 heteroatoms. The van der Waals surface area contributed by atoms with E-state index in [2.05, 4.69) is 37.6 Å². The van der Waals surface area contributed by atoms with E-state index in [0.29, 0.717) is 32.5 Å². The highest BCUT2D eigenvalue weighted by atomic mass is 79.9. The molecule has 0 aliphatic carbocycles. The molecule has 0 aromatic carbocycles. The van der Waals surface area contributed by atoms with E-state index < -0.39 is 35.7 Å². The molecule has 2 rings (SSSR count). The van der Waals surface area contributed by atoms with Crippen molar-refractivity contribution in [3.63, 3.8) is 0 Å². The number of amides is 2. The van der Waals surface area contributed by atoms with Gasteiger partial charge in [-0.1, -0.05) is 22.0 Å². The second-order valence-electron chi connectivity index (χ2n) is 8.78. The minimum Gasteiger partial charge on any atom is -0.480 e. The van der Waals surface area contributed by atoms with Crippen molar-refractivity contribution < 1.29 is 29.0 Å². The highest BCUT2D eigenvalue weighted by molar-refractivity contribution is 9.11. The van der Waals surface area contributed by atoms with Crippen LogP contribution in [-0.4, -0.2) is 90.1 Å². The third-order valence-corrected chi connectivity index (χ3v) is 5.57. The maximum absolute atomic E-state index is 13.3. The van der Waals surface area contributed by atoms with Gasteiger partial charge in [-0.05, 0) is 40.0 Å². The summed E-state index contributed by atoms with van der Waals surface area (Å²) in [4.78, 5) is 39.2. The molecule has 0 aromatic rings. The summed E-state index contributed by atoms with van der Waals surface area (Å²) in [5, 5.41) is 13.3. The average molecular weight is 505 g/mol. The van der Waals surface area contributed by atoms with Gasteiger partial charge in [0, 0.05) is 37.3 Å². The minimum atomic E-state index is -1.01. The van der Waals surface area contributed by atoms with Gasteiger partial charge in [0.2, 0.25) is 0 Å². The molecule has 0 bridgehead atoms. The Morgan fingerprint density at radius 3 is 2.71 bits per heavy atom. The highest BCUT2D eigenvalue weighted by Gasteiger charge is 2.35. The Balaban J connectivity index is 2.18. The number of nitrogens with one attached hydrogen (secondary N) is 2. The van der Waals surface area contributed by atoms with Crippen LogP contribution >= 0.6 is 15.9 Å². The number of methoxy groups -OCH3 is 1. The van der Waals surface area contributed by atoms with Crippen LogP contribution in [-0.2, 0) is 19.1 Å². The van der Waals surface area contributed by atoms with E-state index in [-0.39, 0.29) is 12.6 Å². The molecular weight excluding hydrogens is 472 g/mol. The van der Waals surface area contributed by atoms with Gasteiger partial charge in [-0.25, -0.2) is 10.2 Å². The van der Waals surface area contributed by atoms with Crippen LogP contribution in [0.2, 0.25) is 0 Å². The van der Waals surface area contributed by atoms with Crippen LogP contribution in [0.4, 0.5) is 4.79 Å². The first-order chi connectivity index (χ1) is 14.5. The number of carbonyl (C=O) groups excluding carboxylic acids is 2. The smallest absolute Gasteiger partial charge is 0.408 e. The van der Waals surface area contributed by atoms with Crippen molar-refractivity contribution in [1.29, 1.82) is 0 Å². The molecule has 3 atom stereocenters. The van der Waals surface area contributed by atoms with Crippen molar-refractivity contribution in [2.75, 3.05) is 33.4 Å². The maximum Gasteiger partial charge on any atom is 0.408 e. The fourth-order valence-corrected chi connectivity index (χ4v) is 4.07. The Hall–Kier alpha value is -1.69. The summed E-state index contributed by atoms with van der Waals surface area (Å²) >= 11 is 3.52. The van der Waals surface area contributed by atoms with Crippen LogP contribution in [0.15, 0.2) is 10.6 Å². The van der Waals surface area contributed by atoms with E-state index in [0.717, 1.165) is 10.9 Å². The zero-order chi connectivity index (χ0) is 23.2. The van der Waals surface area contributed by atoms with E-state index in [4.69, 9.17) is 9.47 Å². The van der Waals surface area contributed by atoms with Gasteiger partial charge in [-0.2, -0.15) is 0 Å². The van der Waals surface area contributed by atoms with Gasteiger partial charge in [0.15, 0.2) is 0 Å². The quantitative estimate of drug-likeness (QED) is 0.476. The fourth-order valence-electron chi connectivity index (χ4n) is 3.56. The maximum atomic E-state index is 13.3. The lowest BCUT2D eigenvalue weighted by molar-refractivity contribution is -0.148. The summed E-state index contributed by atoms with van der Waals surface area (Å²) in [6.45, 7) is 6.87. The number of carbonyl (C=O) groups is 3. The van der Waals surface area contributed by atoms with E-state index in [1.807, 2.05) is 0 Å². The van der Waals surface area contributed by atoms with Gasteiger partial charge in [0.25, 0.3) is 5.91 Å². The number of alkyl carbamates (subject to hydrolysis) is 1. The molecule has 0 radical (unpaired) electrons. The number of nitrogens with zero attached hydrogens (tertiary/aromatic N) is 2. The van der Waals surface area contributed by atoms with Crippen molar-refractivity contribution in [3.05, 3.63) is 10.6 Å². The number of halogens is 1. The number of ether oxygens (including phenoxy) is 2. The lowest BCUT2D eigenvalue weighted by Gasteiger charge is -2.39. The van der Waals surface area contributed by atoms with E-state index in [1.165, 1.54) is 5.01 Å². The standard InChI is InChI=1S/C20H33BrN4O6/c1-20(2,3)31-19(29)22-16(11-24-10-13(21)7-8-14(24)12-30-4)17(26)25-9-5-6-15(23-25)18(27)28/h7,14-16,23H,5-6,8-12H2,1-4H3,(H,22,29)(H,27,28)/t14-,15+,16?/m1/s1. The first kappa shape index (κ1) is 25.6. The van der Waals surface area contributed by atoms with Crippen LogP contribution in [0.1, 0.15) is 40.0 Å². The second kappa shape index (κ2) is 11.3. The average Bonchev–Trinajstić information content (AvgIpc) is 2.67. The molecule has 1 saturated heterocycles. The predicted octanol–water partition coefficient (Wildman–Crippen LogP) is 1.46. The van der Waals surface area contributed by atoms with Gasteiger partial charge in [0.05, 0.1) is 6.61 Å². The Morgan fingerprint density at radius 1 is 1.39 bits per heavy atom. The van der Waals surface area contributed by atoms with Crippen molar-refractivity contribution in [2.24, 2.45) is 0 Å². The van der Waals surface area contributed by atoms with Crippen molar-refractivity contribution in [1.82, 2.24) is 20.7 Å². The van der Waals surface area contributed by atoms with Crippen LogP contribution in [0.5, 0.6) is 0 Å². The fraction of sp³-hybridized carbons (Fsp3) is 0.750. The molecule has 2 heterocycles. The third-order valence-electron chi connectivity index (χ3n) is 5.00. The van der Waals surface area contributed by atoms with Gasteiger partial charge in [-0.3, -0.25) is 19.5 Å². The van der Waals surface area contributed by atoms with E-state index in [9.17, 15) is 19.5 Å². The normalized spacial score (nSPS) is 23.6. The monoisotopic (exact) mass is 504 g/mol. The molecule has 0 saturated carbocycles. The van der Waals surface area contributed by atoms with Crippen LogP contribution in [0, 0.1) is 0 Å². The Labute approximate surface area is 191 Å². The Bertz CT molecular complexity index is 696. The Kier molecular flexibility index (Phi) is 9.28. The molecule has 2 aliphatic heterocycles. The molecule has 2 aliphatic rings. The highest BCUT2D eigenvalue weighted by Crippen LogP contribution is 2.21. The number of hydrazine groups is 1. The van der Waals surface area contributed by atoms with Crippen LogP contribution in [0.25, 0.3) is 0 Å². The van der Waals surface area contributed by atoms with Crippen molar-refractivity contribution in [3.8, 4) is 0 Å². The van der Waals surface area contributed by atoms with Crippen molar-refractivity contribution >= 4 is 33.9 Å². The van der Waals surface area contributed by atoms with Crippen LogP contribution < -0.4 is 10.7 Å². The van der Waals surface area contributed by atoms with Crippen LogP contribution in [0.3, 0.4) is 0 Å². The number of carboxylic acid groups (broad SMARTS) is 1. The number of aliphatic carboxylic acids is 1. The molecule has 176 valence electrons. The molecule has 1 fully saturated rings. The molecule has 2 amide bonds. The number of carboxylic acids is 1. The topological polar surface area (TPSA) is 120 Å². The zero-order valence-corrected chi connectivity index (χ0v) is 20.1. The predicted molar refractivity (Wildman–Crippen MR) is 118 cm³/mol. The van der Waals surface area contributed by atoms with Gasteiger partial charge in [0.1, 0.15) is 17.7 Å². The SMILES string of the molecule is COC[C@H]1CC=C(Br)CN1CC(NC(=O)OC(C)(C)C)C(=O)N1CCC[C@@H](C(=O)O)N1. The molecule has 0 aromatic heterocycles. The molecule has 10 nitrogen and oxygen atoms in total. The molecule has 3 N–H and O–H groups in total. The third kappa shape index (κ3) is 8.06. The summed E-state index contributed by atoms with van der Waals surface area (Å²) in [6, 6.07) is -1.72. The van der Waals surface area contributed by atoms with E-state index in [1.54, 1.807) is 27.9 Å². The first-order valence-corrected chi connectivity index (χ1v) is 11.2. The molecule has 0 spiro atoms. The number of hydrogen-bond acceptors (Lipinski definition) is 7. The Morgan fingerprint density at radius 2 is 2.10 bits per heavy atom. The minimum absolute atomic E-state index is 0.0446. The zero-order valence-electron chi connectivity index (χ0n) is 18.5.